The second-order valence-corrected chi connectivity index (χ2v) is 2.91. The topological polar surface area (TPSA) is 89.7 Å². The molecule has 14 heavy (non-hydrogen) atoms. The fourth-order valence-electron chi connectivity index (χ4n) is 0.837. The molecule has 0 rings (SSSR count). The number of carbonyl (C=O) groups is 1. The van der Waals surface area contributed by atoms with Gasteiger partial charge in [-0.3, -0.25) is 10.1 Å². The molecule has 0 bridgehead atoms. The number of rotatable bonds is 7. The highest BCUT2D eigenvalue weighted by Gasteiger charge is 2.21. The molecule has 82 valence electrons. The van der Waals surface area contributed by atoms with Crippen LogP contribution in [0.4, 0.5) is 0 Å². The first-order valence-corrected chi connectivity index (χ1v) is 4.54. The maximum Gasteiger partial charge on any atom is 0.341 e. The number of aliphatic hydroxyl groups excluding tert-OH is 1. The van der Waals surface area contributed by atoms with Gasteiger partial charge in [-0.05, 0) is 6.42 Å². The number of carbonyl (C=O) groups excluding carboxylic acids is 1. The summed E-state index contributed by atoms with van der Waals surface area (Å²) >= 11 is 0. The van der Waals surface area contributed by atoms with Gasteiger partial charge in [0.2, 0.25) is 12.6 Å². The van der Waals surface area contributed by atoms with Crippen molar-refractivity contribution in [2.45, 2.75) is 32.3 Å². The Morgan fingerprint density at radius 1 is 1.57 bits per heavy atom. The number of unbranched alkanes of at least 4 members (excludes halogenated alkanes) is 2. The quantitative estimate of drug-likeness (QED) is 0.280. The van der Waals surface area contributed by atoms with Gasteiger partial charge in [-0.2, -0.15) is 0 Å². The number of aliphatic hydroxyl groups is 1. The maximum absolute atomic E-state index is 10.9. The average molecular weight is 205 g/mol. The van der Waals surface area contributed by atoms with Gasteiger partial charge in [-0.25, -0.2) is 4.79 Å². The van der Waals surface area contributed by atoms with E-state index in [9.17, 15) is 14.9 Å². The van der Waals surface area contributed by atoms with E-state index in [1.54, 1.807) is 0 Å². The predicted octanol–water partition coefficient (Wildman–Crippen LogP) is 0.357. The molecule has 6 nitrogen and oxygen atoms in total. The summed E-state index contributed by atoms with van der Waals surface area (Å²) in [6, 6.07) is 0. The zero-order chi connectivity index (χ0) is 11.0. The fraction of sp³-hybridized carbons (Fsp3) is 0.875. The molecule has 0 spiro atoms. The zero-order valence-electron chi connectivity index (χ0n) is 8.14. The molecule has 0 radical (unpaired) electrons. The summed E-state index contributed by atoms with van der Waals surface area (Å²) in [5.74, 6) is -0.919. The third-order valence-corrected chi connectivity index (χ3v) is 1.59. The molecule has 0 amide bonds. The van der Waals surface area contributed by atoms with E-state index in [0.29, 0.717) is 6.42 Å². The van der Waals surface area contributed by atoms with Gasteiger partial charge in [0.05, 0.1) is 6.61 Å². The van der Waals surface area contributed by atoms with E-state index in [4.69, 9.17) is 5.11 Å². The van der Waals surface area contributed by atoms with Crippen LogP contribution in [0.15, 0.2) is 0 Å². The summed E-state index contributed by atoms with van der Waals surface area (Å²) in [6.45, 7) is 1.41. The summed E-state index contributed by atoms with van der Waals surface area (Å²) in [4.78, 5) is 20.0. The number of hydrogen-bond acceptors (Lipinski definition) is 5. The minimum atomic E-state index is -1.65. The van der Waals surface area contributed by atoms with Gasteiger partial charge >= 0.3 is 5.97 Å². The molecule has 6 heteroatoms. The van der Waals surface area contributed by atoms with Crippen molar-refractivity contribution in [1.82, 2.24) is 0 Å². The van der Waals surface area contributed by atoms with E-state index in [1.165, 1.54) is 0 Å². The highest BCUT2D eigenvalue weighted by atomic mass is 16.6. The van der Waals surface area contributed by atoms with Gasteiger partial charge in [0.15, 0.2) is 0 Å². The minimum Gasteiger partial charge on any atom is -0.464 e. The van der Waals surface area contributed by atoms with Crippen molar-refractivity contribution in [2.75, 3.05) is 13.2 Å². The number of esters is 1. The molecule has 0 saturated carbocycles. The Morgan fingerprint density at radius 3 is 2.71 bits per heavy atom. The van der Waals surface area contributed by atoms with Gasteiger partial charge in [-0.1, -0.05) is 19.8 Å². The van der Waals surface area contributed by atoms with Gasteiger partial charge in [0, 0.05) is 4.92 Å². The smallest absolute Gasteiger partial charge is 0.341 e. The fourth-order valence-corrected chi connectivity index (χ4v) is 0.837. The van der Waals surface area contributed by atoms with Gasteiger partial charge in [0.25, 0.3) is 0 Å². The van der Waals surface area contributed by atoms with Crippen molar-refractivity contribution in [3.63, 3.8) is 0 Å². The van der Waals surface area contributed by atoms with Gasteiger partial charge in [-0.15, -0.1) is 0 Å². The molecule has 1 N–H and O–H groups in total. The van der Waals surface area contributed by atoms with Crippen LogP contribution in [0.1, 0.15) is 26.2 Å². The molecule has 0 aliphatic heterocycles. The first-order valence-electron chi connectivity index (χ1n) is 4.54. The van der Waals surface area contributed by atoms with Crippen molar-refractivity contribution < 1.29 is 19.6 Å². The largest absolute Gasteiger partial charge is 0.464 e. The maximum atomic E-state index is 10.9. The Hall–Kier alpha value is -1.17. The van der Waals surface area contributed by atoms with Crippen molar-refractivity contribution in [2.24, 2.45) is 0 Å². The summed E-state index contributed by atoms with van der Waals surface area (Å²) < 4.78 is 4.61. The highest BCUT2D eigenvalue weighted by molar-refractivity contribution is 5.74. The Bertz CT molecular complexity index is 194. The average Bonchev–Trinajstić information content (AvgIpc) is 2.11. The number of hydrogen-bond donors (Lipinski definition) is 1. The molecular formula is C8H15NO5. The lowest BCUT2D eigenvalue weighted by atomic mass is 10.3. The first-order chi connectivity index (χ1) is 6.57. The molecule has 0 saturated heterocycles. The van der Waals surface area contributed by atoms with Crippen LogP contribution in [0, 0.1) is 10.1 Å². The second kappa shape index (κ2) is 7.25. The molecular weight excluding hydrogens is 190 g/mol. The molecule has 0 aliphatic carbocycles. The third kappa shape index (κ3) is 6.36. The lowest BCUT2D eigenvalue weighted by Gasteiger charge is -2.06. The molecule has 0 fully saturated rings. The van der Waals surface area contributed by atoms with Crippen LogP contribution in [-0.4, -0.2) is 35.3 Å². The number of nitrogens with zero attached hydrogens (tertiary/aromatic N) is 1. The molecule has 0 heterocycles. The van der Waals surface area contributed by atoms with Crippen LogP contribution in [0.25, 0.3) is 0 Å². The normalized spacial score (nSPS) is 12.1. The van der Waals surface area contributed by atoms with E-state index in [-0.39, 0.29) is 6.61 Å². The van der Waals surface area contributed by atoms with E-state index in [0.717, 1.165) is 12.8 Å². The Morgan fingerprint density at radius 2 is 2.21 bits per heavy atom. The molecule has 0 aromatic rings. The van der Waals surface area contributed by atoms with E-state index in [1.807, 2.05) is 6.92 Å². The van der Waals surface area contributed by atoms with Gasteiger partial charge < -0.3 is 9.84 Å². The zero-order valence-corrected chi connectivity index (χ0v) is 8.14. The SMILES string of the molecule is CCCCCOC(=O)C(O)C[N+](=O)[O-]. The monoisotopic (exact) mass is 205 g/mol. The van der Waals surface area contributed by atoms with Crippen molar-refractivity contribution in [3.8, 4) is 0 Å². The highest BCUT2D eigenvalue weighted by Crippen LogP contribution is 1.96. The van der Waals surface area contributed by atoms with Gasteiger partial charge in [0.1, 0.15) is 0 Å². The summed E-state index contributed by atoms with van der Waals surface area (Å²) in [5, 5.41) is 18.9. The number of ether oxygens (including phenoxy) is 1. The van der Waals surface area contributed by atoms with Crippen LogP contribution >= 0.6 is 0 Å². The molecule has 1 atom stereocenters. The lowest BCUT2D eigenvalue weighted by molar-refractivity contribution is -0.488. The van der Waals surface area contributed by atoms with E-state index < -0.39 is 23.5 Å². The molecule has 0 aromatic carbocycles. The Kier molecular flexibility index (Phi) is 6.65. The van der Waals surface area contributed by atoms with Crippen molar-refractivity contribution >= 4 is 5.97 Å². The van der Waals surface area contributed by atoms with Crippen LogP contribution < -0.4 is 0 Å². The van der Waals surface area contributed by atoms with E-state index in [2.05, 4.69) is 4.74 Å². The molecule has 0 aliphatic rings. The van der Waals surface area contributed by atoms with Crippen molar-refractivity contribution in [1.29, 1.82) is 0 Å². The van der Waals surface area contributed by atoms with Crippen LogP contribution in [0.3, 0.4) is 0 Å². The second-order valence-electron chi connectivity index (χ2n) is 2.91. The summed E-state index contributed by atoms with van der Waals surface area (Å²) in [7, 11) is 0. The van der Waals surface area contributed by atoms with Crippen LogP contribution in [-0.2, 0) is 9.53 Å². The standard InChI is InChI=1S/C8H15NO5/c1-2-3-4-5-14-8(11)7(10)6-9(12)13/h7,10H,2-6H2,1H3. The Labute approximate surface area is 82.0 Å². The Balaban J connectivity index is 3.57. The third-order valence-electron chi connectivity index (χ3n) is 1.59. The van der Waals surface area contributed by atoms with Crippen LogP contribution in [0.2, 0.25) is 0 Å². The van der Waals surface area contributed by atoms with Crippen LogP contribution in [0.5, 0.6) is 0 Å². The predicted molar refractivity (Wildman–Crippen MR) is 48.4 cm³/mol. The first kappa shape index (κ1) is 12.8. The lowest BCUT2D eigenvalue weighted by Crippen LogP contribution is -2.30. The summed E-state index contributed by atoms with van der Waals surface area (Å²) in [6.07, 6.45) is 0.993. The molecule has 0 aromatic heterocycles. The van der Waals surface area contributed by atoms with E-state index >= 15 is 0 Å². The minimum absolute atomic E-state index is 0.210. The summed E-state index contributed by atoms with van der Waals surface area (Å²) in [5.41, 5.74) is 0. The molecule has 1 unspecified atom stereocenters. The number of nitro groups is 1. The van der Waals surface area contributed by atoms with Crippen molar-refractivity contribution in [3.05, 3.63) is 10.1 Å².